The van der Waals surface area contributed by atoms with E-state index in [1.165, 1.54) is 24.6 Å². The number of oxazole rings is 1. The Hall–Kier alpha value is -3.42. The van der Waals surface area contributed by atoms with E-state index in [1.54, 1.807) is 0 Å². The van der Waals surface area contributed by atoms with Gasteiger partial charge in [0.15, 0.2) is 27.3 Å². The van der Waals surface area contributed by atoms with Crippen LogP contribution in [0.3, 0.4) is 0 Å². The molecule has 2 saturated carbocycles. The monoisotopic (exact) mass is 597 g/mol. The Morgan fingerprint density at radius 2 is 1.73 bits per heavy atom. The first-order valence-electron chi connectivity index (χ1n) is 12.3. The van der Waals surface area contributed by atoms with Crippen molar-refractivity contribution in [3.8, 4) is 0 Å². The SMILES string of the molecule is O=C(Nc1cc(F)c(F)c(F)c1)c1ccc(Cl)c(S(=O)(=O)C2CC3CC[C@@H](C2)C3(O)CNC(=O)c2ncco2)c1. The molecule has 0 spiro atoms. The van der Waals surface area contributed by atoms with E-state index >= 15 is 0 Å². The van der Waals surface area contributed by atoms with E-state index in [0.29, 0.717) is 25.0 Å². The van der Waals surface area contributed by atoms with Gasteiger partial charge in [-0.2, -0.15) is 0 Å². The molecule has 9 nitrogen and oxygen atoms in total. The fraction of sp³-hybridized carbons (Fsp3) is 0.346. The maximum absolute atomic E-state index is 13.7. The van der Waals surface area contributed by atoms with Crippen LogP contribution in [0.1, 0.15) is 46.7 Å². The van der Waals surface area contributed by atoms with E-state index < -0.39 is 61.8 Å². The number of benzene rings is 2. The fourth-order valence-electron chi connectivity index (χ4n) is 5.66. The Labute approximate surface area is 231 Å². The molecule has 14 heteroatoms. The molecule has 2 bridgehead atoms. The number of nitrogens with zero attached hydrogens (tertiary/aromatic N) is 1. The Morgan fingerprint density at radius 3 is 2.33 bits per heavy atom. The third-order valence-corrected chi connectivity index (χ3v) is 10.4. The van der Waals surface area contributed by atoms with Crippen molar-refractivity contribution < 1.29 is 40.7 Å². The van der Waals surface area contributed by atoms with Crippen LogP contribution in [0, 0.1) is 29.3 Å². The van der Waals surface area contributed by atoms with Gasteiger partial charge in [0.25, 0.3) is 11.8 Å². The predicted molar refractivity (Wildman–Crippen MR) is 136 cm³/mol. The lowest BCUT2D eigenvalue weighted by Crippen LogP contribution is -2.54. The summed E-state index contributed by atoms with van der Waals surface area (Å²) in [6.07, 6.45) is 3.88. The van der Waals surface area contributed by atoms with Crippen molar-refractivity contribution in [1.29, 1.82) is 0 Å². The van der Waals surface area contributed by atoms with Gasteiger partial charge in [0.05, 0.1) is 27.0 Å². The molecule has 1 aromatic heterocycles. The maximum Gasteiger partial charge on any atom is 0.307 e. The van der Waals surface area contributed by atoms with Crippen molar-refractivity contribution in [3.05, 3.63) is 76.7 Å². The number of hydrogen-bond donors (Lipinski definition) is 3. The smallest absolute Gasteiger partial charge is 0.307 e. The lowest BCUT2D eigenvalue weighted by atomic mass is 9.74. The quantitative estimate of drug-likeness (QED) is 0.348. The van der Waals surface area contributed by atoms with Gasteiger partial charge in [-0.05, 0) is 55.7 Å². The third kappa shape index (κ3) is 5.08. The number of anilines is 1. The molecular formula is C26H23ClF3N3O6S. The Kier molecular flexibility index (Phi) is 7.40. The van der Waals surface area contributed by atoms with E-state index in [4.69, 9.17) is 16.0 Å². The molecule has 1 heterocycles. The van der Waals surface area contributed by atoms with Crippen LogP contribution in [0.15, 0.2) is 52.1 Å². The Balaban J connectivity index is 1.32. The average Bonchev–Trinajstić information content (AvgIpc) is 3.48. The normalized spacial score (nSPS) is 24.1. The van der Waals surface area contributed by atoms with Gasteiger partial charge in [0.1, 0.15) is 6.26 Å². The zero-order valence-electron chi connectivity index (χ0n) is 20.7. The van der Waals surface area contributed by atoms with Crippen LogP contribution in [0.25, 0.3) is 0 Å². The van der Waals surface area contributed by atoms with Gasteiger partial charge in [-0.3, -0.25) is 9.59 Å². The molecule has 2 amide bonds. The molecule has 3 aromatic rings. The summed E-state index contributed by atoms with van der Waals surface area (Å²) in [7, 11) is -4.09. The molecule has 3 N–H and O–H groups in total. The second-order valence-corrected chi connectivity index (χ2v) is 12.6. The number of halogens is 4. The summed E-state index contributed by atoms with van der Waals surface area (Å²) in [5.74, 6) is -7.19. The summed E-state index contributed by atoms with van der Waals surface area (Å²) in [6.45, 7) is -0.0999. The van der Waals surface area contributed by atoms with Crippen LogP contribution < -0.4 is 10.6 Å². The molecule has 3 unspecified atom stereocenters. The van der Waals surface area contributed by atoms with E-state index in [-0.39, 0.29) is 46.4 Å². The molecule has 2 fully saturated rings. The summed E-state index contributed by atoms with van der Waals surface area (Å²) >= 11 is 6.24. The van der Waals surface area contributed by atoms with E-state index in [1.807, 2.05) is 0 Å². The summed E-state index contributed by atoms with van der Waals surface area (Å²) < 4.78 is 72.7. The number of aliphatic hydroxyl groups is 1. The number of carbonyl (C=O) groups is 2. The number of aromatic nitrogens is 1. The first-order chi connectivity index (χ1) is 18.9. The third-order valence-electron chi connectivity index (χ3n) is 7.71. The molecule has 212 valence electrons. The fourth-order valence-corrected chi connectivity index (χ4v) is 8.06. The van der Waals surface area contributed by atoms with Crippen molar-refractivity contribution in [3.63, 3.8) is 0 Å². The summed E-state index contributed by atoms with van der Waals surface area (Å²) in [5.41, 5.74) is -1.84. The standard InChI is InChI=1S/C26H23ClF3N3O6S/c27-18-4-1-13(23(34)33-16-10-19(28)22(30)20(29)11-16)7-21(18)40(37,38)17-8-14-2-3-15(9-17)26(14,36)12-32-24(35)25-31-5-6-39-25/h1,4-7,10-11,14-15,17,36H,2-3,8-9,12H2,(H,32,35)(H,33,34)/t14-,15?,17?,26?/m0/s1. The van der Waals surface area contributed by atoms with Crippen LogP contribution in [0.5, 0.6) is 0 Å². The maximum atomic E-state index is 13.7. The lowest BCUT2D eigenvalue weighted by Gasteiger charge is -2.42. The number of nitrogens with one attached hydrogen (secondary N) is 2. The van der Waals surface area contributed by atoms with Crippen LogP contribution in [0.2, 0.25) is 5.02 Å². The van der Waals surface area contributed by atoms with Gasteiger partial charge in [0, 0.05) is 29.9 Å². The van der Waals surface area contributed by atoms with Crippen LogP contribution >= 0.6 is 11.6 Å². The molecule has 2 aromatic carbocycles. The van der Waals surface area contributed by atoms with Gasteiger partial charge in [-0.25, -0.2) is 26.6 Å². The molecule has 40 heavy (non-hydrogen) atoms. The lowest BCUT2D eigenvalue weighted by molar-refractivity contribution is -0.0550. The first kappa shape index (κ1) is 28.1. The number of rotatable bonds is 7. The summed E-state index contributed by atoms with van der Waals surface area (Å²) in [4.78, 5) is 28.4. The van der Waals surface area contributed by atoms with Gasteiger partial charge in [-0.15, -0.1) is 0 Å². The molecule has 0 saturated heterocycles. The van der Waals surface area contributed by atoms with Crippen molar-refractivity contribution in [1.82, 2.24) is 10.3 Å². The second-order valence-electron chi connectivity index (χ2n) is 9.97. The van der Waals surface area contributed by atoms with Crippen LogP contribution in [-0.2, 0) is 9.84 Å². The summed E-state index contributed by atoms with van der Waals surface area (Å²) in [6, 6.07) is 4.73. The molecule has 0 aliphatic heterocycles. The minimum absolute atomic E-state index is 0.0999. The molecule has 2 aliphatic carbocycles. The number of amides is 2. The molecule has 0 radical (unpaired) electrons. The predicted octanol–water partition coefficient (Wildman–Crippen LogP) is 4.12. The zero-order valence-corrected chi connectivity index (χ0v) is 22.2. The topological polar surface area (TPSA) is 139 Å². The minimum Gasteiger partial charge on any atom is -0.441 e. The highest BCUT2D eigenvalue weighted by Crippen LogP contribution is 2.52. The highest BCUT2D eigenvalue weighted by Gasteiger charge is 2.55. The molecular weight excluding hydrogens is 575 g/mol. The van der Waals surface area contributed by atoms with Gasteiger partial charge >= 0.3 is 5.91 Å². The van der Waals surface area contributed by atoms with Gasteiger partial charge in [-0.1, -0.05) is 11.6 Å². The molecule has 4 atom stereocenters. The van der Waals surface area contributed by atoms with E-state index in [9.17, 15) is 36.3 Å². The Bertz CT molecular complexity index is 1550. The number of hydrogen-bond acceptors (Lipinski definition) is 7. The number of fused-ring (bicyclic) bond motifs is 2. The van der Waals surface area contributed by atoms with Gasteiger partial charge in [0.2, 0.25) is 0 Å². The zero-order chi connectivity index (χ0) is 28.8. The highest BCUT2D eigenvalue weighted by molar-refractivity contribution is 7.92. The van der Waals surface area contributed by atoms with Crippen molar-refractivity contribution in [2.24, 2.45) is 11.8 Å². The molecule has 2 aliphatic rings. The van der Waals surface area contributed by atoms with Crippen molar-refractivity contribution >= 4 is 38.9 Å². The average molecular weight is 598 g/mol. The van der Waals surface area contributed by atoms with Crippen molar-refractivity contribution in [2.75, 3.05) is 11.9 Å². The minimum atomic E-state index is -4.09. The first-order valence-corrected chi connectivity index (χ1v) is 14.2. The highest BCUT2D eigenvalue weighted by atomic mass is 35.5. The van der Waals surface area contributed by atoms with E-state index in [2.05, 4.69) is 15.6 Å². The number of carbonyl (C=O) groups excluding carboxylic acids is 2. The van der Waals surface area contributed by atoms with Crippen molar-refractivity contribution in [2.45, 2.75) is 41.4 Å². The number of sulfone groups is 1. The summed E-state index contributed by atoms with van der Waals surface area (Å²) in [5, 5.41) is 15.2. The van der Waals surface area contributed by atoms with Crippen LogP contribution in [-0.4, -0.2) is 47.7 Å². The van der Waals surface area contributed by atoms with Crippen LogP contribution in [0.4, 0.5) is 18.9 Å². The largest absolute Gasteiger partial charge is 0.441 e. The van der Waals surface area contributed by atoms with Gasteiger partial charge < -0.3 is 20.2 Å². The van der Waals surface area contributed by atoms with E-state index in [0.717, 1.165) is 6.07 Å². The second kappa shape index (κ2) is 10.5. The Morgan fingerprint density at radius 1 is 1.07 bits per heavy atom. The molecule has 5 rings (SSSR count).